The van der Waals surface area contributed by atoms with Crippen molar-refractivity contribution in [2.45, 2.75) is 33.1 Å². The van der Waals surface area contributed by atoms with Crippen molar-refractivity contribution in [3.63, 3.8) is 0 Å². The highest BCUT2D eigenvalue weighted by Gasteiger charge is 2.17. The molecule has 1 aliphatic rings. The fraction of sp³-hybridized carbons (Fsp3) is 0.500. The topological polar surface area (TPSA) is 58.4 Å². The van der Waals surface area contributed by atoms with Crippen molar-refractivity contribution in [2.75, 3.05) is 24.1 Å². The summed E-state index contributed by atoms with van der Waals surface area (Å²) in [5, 5.41) is 2.98. The second-order valence-corrected chi connectivity index (χ2v) is 5.00. The molecule has 1 saturated heterocycles. The monoisotopic (exact) mass is 247 g/mol. The molecule has 4 nitrogen and oxygen atoms in total. The quantitative estimate of drug-likeness (QED) is 0.750. The summed E-state index contributed by atoms with van der Waals surface area (Å²) in [5.41, 5.74) is 9.46. The van der Waals surface area contributed by atoms with Crippen LogP contribution in [-0.4, -0.2) is 24.0 Å². The lowest BCUT2D eigenvalue weighted by Crippen LogP contribution is -2.38. The SMILES string of the molecule is Cc1cc(NC(=O)N2CCCCC2)c(C)cc1N. The second-order valence-electron chi connectivity index (χ2n) is 5.00. The lowest BCUT2D eigenvalue weighted by molar-refractivity contribution is 0.200. The number of nitrogens with zero attached hydrogens (tertiary/aromatic N) is 1. The summed E-state index contributed by atoms with van der Waals surface area (Å²) in [7, 11) is 0. The molecule has 0 radical (unpaired) electrons. The van der Waals surface area contributed by atoms with Crippen LogP contribution in [0.4, 0.5) is 16.2 Å². The van der Waals surface area contributed by atoms with Crippen LogP contribution in [-0.2, 0) is 0 Å². The predicted molar refractivity (Wildman–Crippen MR) is 74.8 cm³/mol. The summed E-state index contributed by atoms with van der Waals surface area (Å²) in [6.45, 7) is 5.63. The summed E-state index contributed by atoms with van der Waals surface area (Å²) in [6.07, 6.45) is 3.43. The number of hydrogen-bond donors (Lipinski definition) is 2. The number of piperidine rings is 1. The maximum atomic E-state index is 12.1. The molecule has 0 atom stereocenters. The Morgan fingerprint density at radius 3 is 2.50 bits per heavy atom. The Kier molecular flexibility index (Phi) is 3.75. The average molecular weight is 247 g/mol. The number of anilines is 2. The molecule has 1 aromatic rings. The Morgan fingerprint density at radius 1 is 1.17 bits per heavy atom. The molecule has 1 fully saturated rings. The van der Waals surface area contributed by atoms with E-state index in [9.17, 15) is 4.79 Å². The van der Waals surface area contributed by atoms with Crippen molar-refractivity contribution >= 4 is 17.4 Å². The summed E-state index contributed by atoms with van der Waals surface area (Å²) in [5.74, 6) is 0. The Balaban J connectivity index is 2.08. The molecule has 0 unspecified atom stereocenters. The molecule has 2 rings (SSSR count). The number of urea groups is 1. The summed E-state index contributed by atoms with van der Waals surface area (Å²) in [6, 6.07) is 3.84. The number of hydrogen-bond acceptors (Lipinski definition) is 2. The van der Waals surface area contributed by atoms with Gasteiger partial charge in [-0.05, 0) is 56.4 Å². The van der Waals surface area contributed by atoms with Gasteiger partial charge in [0.2, 0.25) is 0 Å². The van der Waals surface area contributed by atoms with Gasteiger partial charge in [0.15, 0.2) is 0 Å². The largest absolute Gasteiger partial charge is 0.399 e. The average Bonchev–Trinajstić information content (AvgIpc) is 2.37. The van der Waals surface area contributed by atoms with Crippen LogP contribution in [0.2, 0.25) is 0 Å². The number of nitrogens with one attached hydrogen (secondary N) is 1. The van der Waals surface area contributed by atoms with Crippen molar-refractivity contribution in [3.05, 3.63) is 23.3 Å². The molecule has 98 valence electrons. The number of nitrogen functional groups attached to an aromatic ring is 1. The van der Waals surface area contributed by atoms with Crippen LogP contribution in [0.15, 0.2) is 12.1 Å². The summed E-state index contributed by atoms with van der Waals surface area (Å²) < 4.78 is 0. The van der Waals surface area contributed by atoms with Gasteiger partial charge in [0.05, 0.1) is 0 Å². The third-order valence-electron chi connectivity index (χ3n) is 3.50. The van der Waals surface area contributed by atoms with E-state index < -0.39 is 0 Å². The normalized spacial score (nSPS) is 15.6. The number of carbonyl (C=O) groups excluding carboxylic acids is 1. The lowest BCUT2D eigenvalue weighted by Gasteiger charge is -2.27. The number of carbonyl (C=O) groups is 1. The zero-order chi connectivity index (χ0) is 13.1. The molecule has 0 spiro atoms. The van der Waals surface area contributed by atoms with E-state index >= 15 is 0 Å². The Bertz CT molecular complexity index is 451. The molecule has 3 N–H and O–H groups in total. The first-order valence-electron chi connectivity index (χ1n) is 6.50. The van der Waals surface area contributed by atoms with Crippen molar-refractivity contribution in [1.29, 1.82) is 0 Å². The van der Waals surface area contributed by atoms with Gasteiger partial charge in [-0.1, -0.05) is 0 Å². The second kappa shape index (κ2) is 5.29. The molecule has 18 heavy (non-hydrogen) atoms. The number of aryl methyl sites for hydroxylation is 2. The van der Waals surface area contributed by atoms with E-state index in [0.717, 1.165) is 48.4 Å². The fourth-order valence-electron chi connectivity index (χ4n) is 2.26. The molecule has 4 heteroatoms. The van der Waals surface area contributed by atoms with Crippen LogP contribution >= 0.6 is 0 Å². The molecule has 1 aromatic carbocycles. The molecule has 1 aliphatic heterocycles. The number of rotatable bonds is 1. The summed E-state index contributed by atoms with van der Waals surface area (Å²) in [4.78, 5) is 14.0. The minimum Gasteiger partial charge on any atom is -0.399 e. The first kappa shape index (κ1) is 12.7. The Hall–Kier alpha value is -1.71. The molecule has 0 aromatic heterocycles. The van der Waals surface area contributed by atoms with Gasteiger partial charge >= 0.3 is 6.03 Å². The molecular weight excluding hydrogens is 226 g/mol. The molecular formula is C14H21N3O. The third kappa shape index (κ3) is 2.75. The van der Waals surface area contributed by atoms with Crippen molar-refractivity contribution < 1.29 is 4.79 Å². The highest BCUT2D eigenvalue weighted by atomic mass is 16.2. The summed E-state index contributed by atoms with van der Waals surface area (Å²) >= 11 is 0. The zero-order valence-corrected chi connectivity index (χ0v) is 11.1. The van der Waals surface area contributed by atoms with Gasteiger partial charge < -0.3 is 16.0 Å². The maximum absolute atomic E-state index is 12.1. The molecule has 0 saturated carbocycles. The van der Waals surface area contributed by atoms with Crippen LogP contribution < -0.4 is 11.1 Å². The van der Waals surface area contributed by atoms with Crippen LogP contribution in [0.3, 0.4) is 0 Å². The molecule has 0 aliphatic carbocycles. The smallest absolute Gasteiger partial charge is 0.321 e. The Labute approximate surface area is 108 Å². The number of amides is 2. The van der Waals surface area contributed by atoms with Gasteiger partial charge in [-0.15, -0.1) is 0 Å². The van der Waals surface area contributed by atoms with Gasteiger partial charge in [-0.2, -0.15) is 0 Å². The Morgan fingerprint density at radius 2 is 1.83 bits per heavy atom. The first-order chi connectivity index (χ1) is 8.58. The van der Waals surface area contributed by atoms with Gasteiger partial charge in [-0.3, -0.25) is 0 Å². The molecule has 1 heterocycles. The van der Waals surface area contributed by atoms with Crippen molar-refractivity contribution in [3.8, 4) is 0 Å². The van der Waals surface area contributed by atoms with Gasteiger partial charge in [0.1, 0.15) is 0 Å². The van der Waals surface area contributed by atoms with E-state index in [4.69, 9.17) is 5.73 Å². The number of benzene rings is 1. The minimum atomic E-state index is 0.00183. The van der Waals surface area contributed by atoms with E-state index in [1.165, 1.54) is 6.42 Å². The first-order valence-corrected chi connectivity index (χ1v) is 6.50. The van der Waals surface area contributed by atoms with Crippen LogP contribution in [0, 0.1) is 13.8 Å². The fourth-order valence-corrected chi connectivity index (χ4v) is 2.26. The maximum Gasteiger partial charge on any atom is 0.321 e. The van der Waals surface area contributed by atoms with E-state index in [2.05, 4.69) is 5.32 Å². The third-order valence-corrected chi connectivity index (χ3v) is 3.50. The van der Waals surface area contributed by atoms with Crippen LogP contribution in [0.5, 0.6) is 0 Å². The molecule has 0 bridgehead atoms. The van der Waals surface area contributed by atoms with Crippen molar-refractivity contribution in [1.82, 2.24) is 4.90 Å². The van der Waals surface area contributed by atoms with E-state index in [1.807, 2.05) is 30.9 Å². The number of likely N-dealkylation sites (tertiary alicyclic amines) is 1. The van der Waals surface area contributed by atoms with E-state index in [1.54, 1.807) is 0 Å². The van der Waals surface area contributed by atoms with Crippen molar-refractivity contribution in [2.24, 2.45) is 0 Å². The lowest BCUT2D eigenvalue weighted by atomic mass is 10.1. The minimum absolute atomic E-state index is 0.00183. The van der Waals surface area contributed by atoms with E-state index in [0.29, 0.717) is 0 Å². The standard InChI is InChI=1S/C14H21N3O/c1-10-9-13(11(2)8-12(10)15)16-14(18)17-6-4-3-5-7-17/h8-9H,3-7,15H2,1-2H3,(H,16,18). The number of nitrogens with two attached hydrogens (primary N) is 1. The van der Waals surface area contributed by atoms with Crippen LogP contribution in [0.1, 0.15) is 30.4 Å². The molecule has 2 amide bonds. The predicted octanol–water partition coefficient (Wildman–Crippen LogP) is 2.90. The van der Waals surface area contributed by atoms with Crippen LogP contribution in [0.25, 0.3) is 0 Å². The van der Waals surface area contributed by atoms with Gasteiger partial charge in [0.25, 0.3) is 0 Å². The van der Waals surface area contributed by atoms with Gasteiger partial charge in [0, 0.05) is 24.5 Å². The van der Waals surface area contributed by atoms with Gasteiger partial charge in [-0.25, -0.2) is 4.79 Å². The highest BCUT2D eigenvalue weighted by molar-refractivity contribution is 5.90. The highest BCUT2D eigenvalue weighted by Crippen LogP contribution is 2.22. The van der Waals surface area contributed by atoms with E-state index in [-0.39, 0.29) is 6.03 Å². The zero-order valence-electron chi connectivity index (χ0n) is 11.1.